The number of halogens is 1. The van der Waals surface area contributed by atoms with Crippen molar-refractivity contribution >= 4 is 46.0 Å². The van der Waals surface area contributed by atoms with E-state index in [1.165, 1.54) is 0 Å². The number of aryl methyl sites for hydroxylation is 1. The molecule has 0 aliphatic carbocycles. The van der Waals surface area contributed by atoms with E-state index in [0.29, 0.717) is 23.6 Å². The lowest BCUT2D eigenvalue weighted by Gasteiger charge is -2.12. The van der Waals surface area contributed by atoms with Crippen LogP contribution in [0.4, 0.5) is 0 Å². The average Bonchev–Trinajstić information content (AvgIpc) is 3.41. The average molecular weight is 465 g/mol. The maximum atomic E-state index is 12.0. The maximum Gasteiger partial charge on any atom is 0.331 e. The Kier molecular flexibility index (Phi) is 7.08. The van der Waals surface area contributed by atoms with Crippen LogP contribution in [-0.4, -0.2) is 20.6 Å². The van der Waals surface area contributed by atoms with Gasteiger partial charge in [0.25, 0.3) is 0 Å². The smallest absolute Gasteiger partial charge is 0.331 e. The van der Waals surface area contributed by atoms with Crippen LogP contribution in [0.3, 0.4) is 0 Å². The van der Waals surface area contributed by atoms with Crippen molar-refractivity contribution in [2.45, 2.75) is 39.2 Å². The van der Waals surface area contributed by atoms with Crippen molar-refractivity contribution in [2.75, 3.05) is 0 Å². The summed E-state index contributed by atoms with van der Waals surface area (Å²) >= 11 is 8.04. The zero-order chi connectivity index (χ0) is 22.5. The number of carboxylic acids is 1. The number of aliphatic carboxylic acids is 1. The predicted molar refractivity (Wildman–Crippen MR) is 133 cm³/mol. The number of imidazole rings is 1. The van der Waals surface area contributed by atoms with E-state index in [0.717, 1.165) is 52.1 Å². The number of para-hydroxylation sites is 1. The van der Waals surface area contributed by atoms with Crippen LogP contribution in [-0.2, 0) is 24.2 Å². The van der Waals surface area contributed by atoms with Gasteiger partial charge in [0.2, 0.25) is 0 Å². The van der Waals surface area contributed by atoms with Crippen LogP contribution >= 0.6 is 22.9 Å². The van der Waals surface area contributed by atoms with E-state index < -0.39 is 5.97 Å². The maximum absolute atomic E-state index is 12.0. The second-order valence-corrected chi connectivity index (χ2v) is 9.19. The molecule has 2 aromatic carbocycles. The van der Waals surface area contributed by atoms with Gasteiger partial charge in [-0.3, -0.25) is 0 Å². The third-order valence-corrected chi connectivity index (χ3v) is 6.71. The van der Waals surface area contributed by atoms with E-state index in [4.69, 9.17) is 16.6 Å². The third-order valence-electron chi connectivity index (χ3n) is 5.47. The number of hydrogen-bond donors (Lipinski definition) is 1. The lowest BCUT2D eigenvalue weighted by atomic mass is 10.1. The molecule has 0 radical (unpaired) electrons. The number of unbranched alkanes of at least 4 members (excludes halogenated alkanes) is 1. The van der Waals surface area contributed by atoms with Gasteiger partial charge in [-0.25, -0.2) is 9.78 Å². The normalized spacial score (nSPS) is 11.9. The van der Waals surface area contributed by atoms with Crippen molar-refractivity contribution in [3.05, 3.63) is 92.4 Å². The van der Waals surface area contributed by atoms with E-state index in [9.17, 15) is 9.90 Å². The molecule has 2 heterocycles. The number of hydrogen-bond acceptors (Lipinski definition) is 3. The van der Waals surface area contributed by atoms with Crippen molar-refractivity contribution < 1.29 is 9.90 Å². The number of benzene rings is 2. The first-order valence-electron chi connectivity index (χ1n) is 10.7. The van der Waals surface area contributed by atoms with Gasteiger partial charge in [-0.2, -0.15) is 0 Å². The Morgan fingerprint density at radius 1 is 1.16 bits per heavy atom. The Morgan fingerprint density at radius 2 is 2.00 bits per heavy atom. The van der Waals surface area contributed by atoms with E-state index in [2.05, 4.69) is 11.5 Å². The monoisotopic (exact) mass is 464 g/mol. The highest BCUT2D eigenvalue weighted by Crippen LogP contribution is 2.27. The van der Waals surface area contributed by atoms with Gasteiger partial charge < -0.3 is 9.67 Å². The summed E-state index contributed by atoms with van der Waals surface area (Å²) in [5.74, 6) is 0.0940. The minimum atomic E-state index is -0.904. The van der Waals surface area contributed by atoms with Crippen LogP contribution in [0.5, 0.6) is 0 Å². The Labute approximate surface area is 196 Å². The van der Waals surface area contributed by atoms with Gasteiger partial charge in [-0.1, -0.05) is 61.3 Å². The van der Waals surface area contributed by atoms with Gasteiger partial charge >= 0.3 is 5.97 Å². The standard InChI is InChI=1S/C26H25ClN2O2S/c1-2-3-13-24-28-23-12-6-9-18(15-20(26(30)31)16-21-10-7-14-32-21)25(23)29(24)17-19-8-4-5-11-22(19)27/h4-12,14-15H,2-3,13,16-17H2,1H3,(H,30,31)/b20-15+. The molecule has 4 aromatic rings. The molecule has 1 N–H and O–H groups in total. The molecule has 32 heavy (non-hydrogen) atoms. The molecule has 0 unspecified atom stereocenters. The molecule has 0 saturated heterocycles. The summed E-state index contributed by atoms with van der Waals surface area (Å²) in [5.41, 5.74) is 4.06. The summed E-state index contributed by atoms with van der Waals surface area (Å²) in [6, 6.07) is 17.6. The number of aromatic nitrogens is 2. The molecule has 4 rings (SSSR count). The van der Waals surface area contributed by atoms with Crippen LogP contribution in [0.15, 0.2) is 65.6 Å². The van der Waals surface area contributed by atoms with Gasteiger partial charge in [0.1, 0.15) is 5.82 Å². The minimum Gasteiger partial charge on any atom is -0.478 e. The highest BCUT2D eigenvalue weighted by atomic mass is 35.5. The third kappa shape index (κ3) is 4.95. The summed E-state index contributed by atoms with van der Waals surface area (Å²) in [5, 5.41) is 12.5. The van der Waals surface area contributed by atoms with Gasteiger partial charge in [-0.15, -0.1) is 11.3 Å². The predicted octanol–water partition coefficient (Wildman–Crippen LogP) is 6.85. The second kappa shape index (κ2) is 10.2. The van der Waals surface area contributed by atoms with E-state index >= 15 is 0 Å². The van der Waals surface area contributed by atoms with Crippen LogP contribution in [0.1, 0.15) is 41.6 Å². The van der Waals surface area contributed by atoms with Crippen LogP contribution in [0.25, 0.3) is 17.1 Å². The van der Waals surface area contributed by atoms with Crippen molar-refractivity contribution in [3.8, 4) is 0 Å². The molecule has 0 amide bonds. The molecule has 0 aliphatic rings. The fourth-order valence-corrected chi connectivity index (χ4v) is 4.77. The molecule has 0 saturated carbocycles. The molecular weight excluding hydrogens is 440 g/mol. The number of fused-ring (bicyclic) bond motifs is 1. The summed E-state index contributed by atoms with van der Waals surface area (Å²) in [7, 11) is 0. The van der Waals surface area contributed by atoms with Crippen LogP contribution in [0.2, 0.25) is 5.02 Å². The van der Waals surface area contributed by atoms with E-state index in [-0.39, 0.29) is 0 Å². The first-order valence-corrected chi connectivity index (χ1v) is 12.0. The van der Waals surface area contributed by atoms with Crippen molar-refractivity contribution in [3.63, 3.8) is 0 Å². The molecule has 164 valence electrons. The zero-order valence-electron chi connectivity index (χ0n) is 17.9. The Balaban J connectivity index is 1.85. The first kappa shape index (κ1) is 22.3. The topological polar surface area (TPSA) is 55.1 Å². The van der Waals surface area contributed by atoms with Crippen LogP contribution in [0, 0.1) is 0 Å². The van der Waals surface area contributed by atoms with Crippen LogP contribution < -0.4 is 0 Å². The summed E-state index contributed by atoms with van der Waals surface area (Å²) in [6.07, 6.45) is 5.16. The molecule has 6 heteroatoms. The van der Waals surface area contributed by atoms with Gasteiger partial charge in [0.05, 0.1) is 17.6 Å². The fourth-order valence-electron chi connectivity index (χ4n) is 3.85. The number of thiophene rings is 1. The molecule has 0 atom stereocenters. The van der Waals surface area contributed by atoms with Crippen molar-refractivity contribution in [1.82, 2.24) is 9.55 Å². The number of carbonyl (C=O) groups is 1. The minimum absolute atomic E-state index is 0.362. The Bertz CT molecular complexity index is 1260. The summed E-state index contributed by atoms with van der Waals surface area (Å²) < 4.78 is 2.20. The lowest BCUT2D eigenvalue weighted by molar-refractivity contribution is -0.132. The lowest BCUT2D eigenvalue weighted by Crippen LogP contribution is -2.07. The highest BCUT2D eigenvalue weighted by molar-refractivity contribution is 7.09. The number of carboxylic acid groups (broad SMARTS) is 1. The van der Waals surface area contributed by atoms with E-state index in [1.54, 1.807) is 17.4 Å². The molecule has 2 aromatic heterocycles. The van der Waals surface area contributed by atoms with Gasteiger partial charge in [-0.05, 0) is 41.6 Å². The Morgan fingerprint density at radius 3 is 2.72 bits per heavy atom. The molecule has 4 nitrogen and oxygen atoms in total. The van der Waals surface area contributed by atoms with Crippen molar-refractivity contribution in [1.29, 1.82) is 0 Å². The molecule has 0 aliphatic heterocycles. The largest absolute Gasteiger partial charge is 0.478 e. The second-order valence-electron chi connectivity index (χ2n) is 7.75. The molecule has 0 bridgehead atoms. The number of nitrogens with zero attached hydrogens (tertiary/aromatic N) is 2. The quantitative estimate of drug-likeness (QED) is 0.275. The first-order chi connectivity index (χ1) is 15.6. The van der Waals surface area contributed by atoms with Gasteiger partial charge in [0.15, 0.2) is 0 Å². The molecule has 0 spiro atoms. The van der Waals surface area contributed by atoms with E-state index in [1.807, 2.05) is 60.0 Å². The SMILES string of the molecule is CCCCc1nc2cccc(/C=C(\Cc3cccs3)C(=O)O)c2n1Cc1ccccc1Cl. The summed E-state index contributed by atoms with van der Waals surface area (Å²) in [4.78, 5) is 18.0. The highest BCUT2D eigenvalue weighted by Gasteiger charge is 2.17. The summed E-state index contributed by atoms with van der Waals surface area (Å²) in [6.45, 7) is 2.76. The number of rotatable bonds is 9. The fraction of sp³-hybridized carbons (Fsp3) is 0.231. The zero-order valence-corrected chi connectivity index (χ0v) is 19.5. The molecule has 0 fully saturated rings. The van der Waals surface area contributed by atoms with Gasteiger partial charge in [0, 0.05) is 33.9 Å². The Hall–Kier alpha value is -2.89. The molecular formula is C26H25ClN2O2S. The van der Waals surface area contributed by atoms with Crippen molar-refractivity contribution in [2.24, 2.45) is 0 Å².